The van der Waals surface area contributed by atoms with Crippen molar-refractivity contribution in [3.63, 3.8) is 0 Å². The molecule has 1 heterocycles. The fraction of sp³-hybridized carbons (Fsp3) is 0.412. The number of hydrogen-bond donors (Lipinski definition) is 0. The van der Waals surface area contributed by atoms with Gasteiger partial charge in [0.2, 0.25) is 0 Å². The van der Waals surface area contributed by atoms with E-state index in [9.17, 15) is 0 Å². The molecule has 1 aromatic carbocycles. The second-order valence-electron chi connectivity index (χ2n) is 6.54. The van der Waals surface area contributed by atoms with Gasteiger partial charge in [-0.3, -0.25) is 0 Å². The third kappa shape index (κ3) is 3.41. The van der Waals surface area contributed by atoms with Gasteiger partial charge in [0.15, 0.2) is 9.04 Å². The largest absolute Gasteiger partial charge is 0.472 e. The summed E-state index contributed by atoms with van der Waals surface area (Å²) in [6, 6.07) is 10.4. The van der Waals surface area contributed by atoms with Crippen LogP contribution in [0, 0.1) is 5.41 Å². The summed E-state index contributed by atoms with van der Waals surface area (Å²) < 4.78 is 11.8. The van der Waals surface area contributed by atoms with Crippen molar-refractivity contribution in [1.82, 2.24) is 0 Å². The molecule has 0 radical (unpaired) electrons. The second-order valence-corrected chi connectivity index (χ2v) is 8.91. The smallest absolute Gasteiger partial charge is 0.171 e. The Kier molecular flexibility index (Phi) is 4.51. The molecule has 0 amide bonds. The lowest BCUT2D eigenvalue weighted by molar-refractivity contribution is 0.0864. The van der Waals surface area contributed by atoms with Crippen LogP contribution in [0.5, 0.6) is 0 Å². The average molecular weight is 288 g/mol. The minimum Gasteiger partial charge on any atom is -0.472 e. The Morgan fingerprint density at radius 3 is 2.25 bits per heavy atom. The van der Waals surface area contributed by atoms with Crippen molar-refractivity contribution >= 4 is 9.04 Å². The van der Waals surface area contributed by atoms with Gasteiger partial charge in [-0.15, -0.1) is 0 Å². The molecule has 0 saturated carbocycles. The first-order valence-corrected chi connectivity index (χ1v) is 9.94. The van der Waals surface area contributed by atoms with Gasteiger partial charge in [0, 0.05) is 11.1 Å². The van der Waals surface area contributed by atoms with Gasteiger partial charge in [-0.05, 0) is 24.1 Å². The lowest BCUT2D eigenvalue weighted by Gasteiger charge is -2.32. The van der Waals surface area contributed by atoms with Crippen LogP contribution in [0.25, 0.3) is 11.1 Å². The van der Waals surface area contributed by atoms with Gasteiger partial charge in [0.25, 0.3) is 0 Å². The maximum Gasteiger partial charge on any atom is 0.171 e. The molecule has 0 bridgehead atoms. The van der Waals surface area contributed by atoms with E-state index >= 15 is 0 Å². The lowest BCUT2D eigenvalue weighted by Crippen LogP contribution is -2.26. The summed E-state index contributed by atoms with van der Waals surface area (Å²) in [5.41, 5.74) is 3.52. The van der Waals surface area contributed by atoms with Crippen molar-refractivity contribution in [1.29, 1.82) is 0 Å². The molecule has 1 aromatic heterocycles. The van der Waals surface area contributed by atoms with E-state index in [0.717, 1.165) is 11.1 Å². The maximum atomic E-state index is 6.30. The third-order valence-corrected chi connectivity index (χ3v) is 4.07. The molecule has 108 valence electrons. The monoisotopic (exact) mass is 288 g/mol. The summed E-state index contributed by atoms with van der Waals surface area (Å²) >= 11 is 0. The molecule has 0 N–H and O–H groups in total. The molecule has 2 aromatic rings. The quantitative estimate of drug-likeness (QED) is 0.736. The fourth-order valence-corrected chi connectivity index (χ4v) is 3.48. The molecule has 2 nitrogen and oxygen atoms in total. The van der Waals surface area contributed by atoms with Gasteiger partial charge >= 0.3 is 0 Å². The van der Waals surface area contributed by atoms with Crippen LogP contribution in [-0.2, 0) is 4.43 Å². The van der Waals surface area contributed by atoms with Crippen molar-refractivity contribution in [2.45, 2.75) is 40.0 Å². The number of furan rings is 1. The molecule has 1 atom stereocenters. The first-order chi connectivity index (χ1) is 9.39. The standard InChI is InChI=1S/C17H24O2Si/c1-17(2,3)16(19-20(4)5)15-12-18-11-14(15)13-9-7-6-8-10-13/h6-12,16,20H,1-5H3. The highest BCUT2D eigenvalue weighted by Crippen LogP contribution is 2.41. The molecule has 0 aliphatic rings. The van der Waals surface area contributed by atoms with E-state index in [0.29, 0.717) is 0 Å². The van der Waals surface area contributed by atoms with E-state index in [1.807, 2.05) is 18.6 Å². The van der Waals surface area contributed by atoms with Gasteiger partial charge in [-0.25, -0.2) is 0 Å². The highest BCUT2D eigenvalue weighted by molar-refractivity contribution is 6.48. The average Bonchev–Trinajstić information content (AvgIpc) is 2.84. The summed E-state index contributed by atoms with van der Waals surface area (Å²) in [5, 5.41) is 0. The van der Waals surface area contributed by atoms with Crippen LogP contribution in [0.15, 0.2) is 47.3 Å². The molecule has 0 spiro atoms. The van der Waals surface area contributed by atoms with Gasteiger partial charge in [-0.1, -0.05) is 51.1 Å². The Balaban J connectivity index is 2.43. The van der Waals surface area contributed by atoms with Crippen LogP contribution in [0.4, 0.5) is 0 Å². The maximum absolute atomic E-state index is 6.30. The van der Waals surface area contributed by atoms with Crippen LogP contribution in [0.2, 0.25) is 13.1 Å². The molecule has 2 rings (SSSR count). The normalized spacial score (nSPS) is 13.7. The predicted molar refractivity (Wildman–Crippen MR) is 86.3 cm³/mol. The van der Waals surface area contributed by atoms with Crippen molar-refractivity contribution in [3.8, 4) is 11.1 Å². The van der Waals surface area contributed by atoms with Gasteiger partial charge in [-0.2, -0.15) is 0 Å². The summed E-state index contributed by atoms with van der Waals surface area (Å²) in [7, 11) is -1.13. The van der Waals surface area contributed by atoms with Crippen LogP contribution in [0.3, 0.4) is 0 Å². The van der Waals surface area contributed by atoms with Crippen LogP contribution < -0.4 is 0 Å². The van der Waals surface area contributed by atoms with Crippen molar-refractivity contribution in [3.05, 3.63) is 48.4 Å². The molecule has 3 heteroatoms. The lowest BCUT2D eigenvalue weighted by atomic mass is 9.83. The molecule has 20 heavy (non-hydrogen) atoms. The highest BCUT2D eigenvalue weighted by Gasteiger charge is 2.31. The zero-order chi connectivity index (χ0) is 14.8. The molecule has 0 fully saturated rings. The van der Waals surface area contributed by atoms with E-state index in [4.69, 9.17) is 8.84 Å². The SMILES string of the molecule is C[SiH](C)OC(c1cocc1-c1ccccc1)C(C)(C)C. The van der Waals surface area contributed by atoms with Crippen molar-refractivity contribution in [2.75, 3.05) is 0 Å². The van der Waals surface area contributed by atoms with E-state index < -0.39 is 9.04 Å². The predicted octanol–water partition coefficient (Wildman–Crippen LogP) is 5.03. The Bertz CT molecular complexity index is 538. The Hall–Kier alpha value is -1.32. The van der Waals surface area contributed by atoms with E-state index in [2.05, 4.69) is 58.1 Å². The third-order valence-electron chi connectivity index (χ3n) is 3.25. The van der Waals surface area contributed by atoms with Crippen LogP contribution in [0.1, 0.15) is 32.4 Å². The van der Waals surface area contributed by atoms with E-state index in [1.165, 1.54) is 5.56 Å². The summed E-state index contributed by atoms with van der Waals surface area (Å²) in [5.74, 6) is 0. The Morgan fingerprint density at radius 2 is 1.70 bits per heavy atom. The second kappa shape index (κ2) is 5.98. The van der Waals surface area contributed by atoms with Gasteiger partial charge < -0.3 is 8.84 Å². The molecule has 0 saturated heterocycles. The zero-order valence-electron chi connectivity index (χ0n) is 13.0. The molecule has 1 unspecified atom stereocenters. The zero-order valence-corrected chi connectivity index (χ0v) is 14.2. The molecular formula is C17H24O2Si. The minimum atomic E-state index is -1.13. The number of rotatable bonds is 4. The first kappa shape index (κ1) is 15.1. The minimum absolute atomic E-state index is 0.0463. The Labute approximate surface area is 123 Å². The summed E-state index contributed by atoms with van der Waals surface area (Å²) in [6.07, 6.45) is 3.74. The summed E-state index contributed by atoms with van der Waals surface area (Å²) in [4.78, 5) is 0. The van der Waals surface area contributed by atoms with E-state index in [-0.39, 0.29) is 11.5 Å². The Morgan fingerprint density at radius 1 is 1.05 bits per heavy atom. The topological polar surface area (TPSA) is 22.4 Å². The summed E-state index contributed by atoms with van der Waals surface area (Å²) in [6.45, 7) is 11.1. The highest BCUT2D eigenvalue weighted by atomic mass is 28.3. The van der Waals surface area contributed by atoms with Crippen LogP contribution in [-0.4, -0.2) is 9.04 Å². The van der Waals surface area contributed by atoms with Crippen molar-refractivity contribution in [2.24, 2.45) is 5.41 Å². The van der Waals surface area contributed by atoms with Gasteiger partial charge in [0.1, 0.15) is 0 Å². The fourth-order valence-electron chi connectivity index (χ4n) is 2.38. The molecular weight excluding hydrogens is 264 g/mol. The first-order valence-electron chi connectivity index (χ1n) is 7.16. The molecule has 0 aliphatic carbocycles. The number of hydrogen-bond acceptors (Lipinski definition) is 2. The van der Waals surface area contributed by atoms with Crippen LogP contribution >= 0.6 is 0 Å². The van der Waals surface area contributed by atoms with Crippen molar-refractivity contribution < 1.29 is 8.84 Å². The molecule has 0 aliphatic heterocycles. The van der Waals surface area contributed by atoms with E-state index in [1.54, 1.807) is 0 Å². The number of benzene rings is 1. The van der Waals surface area contributed by atoms with Gasteiger partial charge in [0.05, 0.1) is 18.6 Å².